The number of benzene rings is 5. The van der Waals surface area contributed by atoms with Gasteiger partial charge in [-0.1, -0.05) is 66.2 Å². The molecule has 0 fully saturated rings. The van der Waals surface area contributed by atoms with Crippen LogP contribution < -0.4 is 0 Å². The van der Waals surface area contributed by atoms with E-state index in [1.807, 2.05) is 24.3 Å². The molecule has 0 aliphatic heterocycles. The van der Waals surface area contributed by atoms with Crippen molar-refractivity contribution in [1.29, 1.82) is 0 Å². The Hall–Kier alpha value is -4.01. The molecule has 0 aliphatic rings. The summed E-state index contributed by atoms with van der Waals surface area (Å²) < 4.78 is 8.77. The van der Waals surface area contributed by atoms with Gasteiger partial charge in [-0.25, -0.2) is 0 Å². The van der Waals surface area contributed by atoms with E-state index in [0.29, 0.717) is 5.02 Å². The van der Waals surface area contributed by atoms with Gasteiger partial charge in [0.2, 0.25) is 0 Å². The number of hydrogen-bond donors (Lipinski definition) is 0. The van der Waals surface area contributed by atoms with Crippen molar-refractivity contribution in [2.45, 2.75) is 0 Å². The molecule has 0 saturated carbocycles. The molecule has 0 N–H and O–H groups in total. The van der Waals surface area contributed by atoms with E-state index < -0.39 is 0 Å². The fraction of sp³-hybridized carbons (Fsp3) is 0. The second kappa shape index (κ2) is 6.06. The van der Waals surface area contributed by atoms with Crippen LogP contribution in [0.15, 0.2) is 101 Å². The molecular formula is C30H16ClNO. The molecule has 3 aromatic heterocycles. The lowest BCUT2D eigenvalue weighted by molar-refractivity contribution is 0.670. The zero-order valence-corrected chi connectivity index (χ0v) is 18.2. The summed E-state index contributed by atoms with van der Waals surface area (Å²) in [6, 6.07) is 34.1. The van der Waals surface area contributed by atoms with Gasteiger partial charge in [0.05, 0.1) is 21.6 Å². The lowest BCUT2D eigenvalue weighted by Gasteiger charge is -2.06. The van der Waals surface area contributed by atoms with Crippen LogP contribution in [0, 0.1) is 0 Å². The van der Waals surface area contributed by atoms with Gasteiger partial charge in [-0.3, -0.25) is 0 Å². The highest BCUT2D eigenvalue weighted by molar-refractivity contribution is 6.38. The van der Waals surface area contributed by atoms with E-state index in [0.717, 1.165) is 33.1 Å². The normalized spacial score (nSPS) is 12.4. The fourth-order valence-corrected chi connectivity index (χ4v) is 5.87. The Morgan fingerprint density at radius 3 is 1.91 bits per heavy atom. The minimum atomic E-state index is 0.714. The van der Waals surface area contributed by atoms with Crippen molar-refractivity contribution in [1.82, 2.24) is 4.40 Å². The highest BCUT2D eigenvalue weighted by atomic mass is 35.5. The molecule has 3 heterocycles. The van der Waals surface area contributed by atoms with E-state index in [4.69, 9.17) is 16.0 Å². The SMILES string of the molecule is Clc1ccc(-c2cc3c4ccccc4n4c5ccccc5c(c2)c34)c2oc3ccccc3c12. The van der Waals surface area contributed by atoms with Gasteiger partial charge in [0.15, 0.2) is 0 Å². The molecule has 8 rings (SSSR count). The topological polar surface area (TPSA) is 17.6 Å². The van der Waals surface area contributed by atoms with Gasteiger partial charge in [0.1, 0.15) is 11.2 Å². The van der Waals surface area contributed by atoms with E-state index in [2.05, 4.69) is 77.2 Å². The van der Waals surface area contributed by atoms with Crippen LogP contribution in [0.3, 0.4) is 0 Å². The first kappa shape index (κ1) is 17.5. The maximum atomic E-state index is 6.66. The third-order valence-electron chi connectivity index (χ3n) is 6.99. The minimum absolute atomic E-state index is 0.714. The number of rotatable bonds is 1. The number of hydrogen-bond acceptors (Lipinski definition) is 1. The van der Waals surface area contributed by atoms with Crippen LogP contribution in [0.2, 0.25) is 5.02 Å². The predicted molar refractivity (Wildman–Crippen MR) is 139 cm³/mol. The monoisotopic (exact) mass is 441 g/mol. The quantitative estimate of drug-likeness (QED) is 0.248. The molecule has 2 nitrogen and oxygen atoms in total. The van der Waals surface area contributed by atoms with Gasteiger partial charge in [-0.2, -0.15) is 0 Å². The summed E-state index contributed by atoms with van der Waals surface area (Å²) in [5.74, 6) is 0. The van der Waals surface area contributed by atoms with Crippen molar-refractivity contribution in [2.75, 3.05) is 0 Å². The second-order valence-electron chi connectivity index (χ2n) is 8.69. The van der Waals surface area contributed by atoms with E-state index >= 15 is 0 Å². The van der Waals surface area contributed by atoms with Crippen molar-refractivity contribution >= 4 is 71.6 Å². The Morgan fingerprint density at radius 1 is 0.606 bits per heavy atom. The van der Waals surface area contributed by atoms with Crippen molar-refractivity contribution < 1.29 is 4.42 Å². The predicted octanol–water partition coefficient (Wildman–Crippen LogP) is 9.06. The molecule has 0 atom stereocenters. The zero-order valence-electron chi connectivity index (χ0n) is 17.5. The van der Waals surface area contributed by atoms with E-state index in [-0.39, 0.29) is 0 Å². The summed E-state index contributed by atoms with van der Waals surface area (Å²) in [5, 5.41) is 7.78. The Balaban J connectivity index is 1.58. The second-order valence-corrected chi connectivity index (χ2v) is 9.09. The summed E-state index contributed by atoms with van der Waals surface area (Å²) in [6.45, 7) is 0. The van der Waals surface area contributed by atoms with Gasteiger partial charge in [0, 0.05) is 37.9 Å². The molecule has 154 valence electrons. The molecule has 0 bridgehead atoms. The number of aromatic nitrogens is 1. The fourth-order valence-electron chi connectivity index (χ4n) is 5.62. The average molecular weight is 442 g/mol. The Labute approximate surface area is 193 Å². The first-order valence-electron chi connectivity index (χ1n) is 11.1. The number of furan rings is 1. The van der Waals surface area contributed by atoms with Gasteiger partial charge in [0.25, 0.3) is 0 Å². The van der Waals surface area contributed by atoms with Gasteiger partial charge in [-0.15, -0.1) is 0 Å². The van der Waals surface area contributed by atoms with Crippen molar-refractivity contribution in [2.24, 2.45) is 0 Å². The summed E-state index contributed by atoms with van der Waals surface area (Å²) in [5.41, 5.74) is 7.64. The van der Waals surface area contributed by atoms with Gasteiger partial charge >= 0.3 is 0 Å². The number of halogens is 1. The Kier molecular flexibility index (Phi) is 3.22. The smallest absolute Gasteiger partial charge is 0.144 e. The zero-order chi connectivity index (χ0) is 21.7. The maximum absolute atomic E-state index is 6.66. The molecule has 0 aliphatic carbocycles. The summed E-state index contributed by atoms with van der Waals surface area (Å²) >= 11 is 6.66. The van der Waals surface area contributed by atoms with Crippen LogP contribution in [-0.2, 0) is 0 Å². The summed E-state index contributed by atoms with van der Waals surface area (Å²) in [6.07, 6.45) is 0. The molecule has 0 saturated heterocycles. The lowest BCUT2D eigenvalue weighted by atomic mass is 9.97. The Morgan fingerprint density at radius 2 is 1.21 bits per heavy atom. The van der Waals surface area contributed by atoms with E-state index in [9.17, 15) is 0 Å². The summed E-state index contributed by atoms with van der Waals surface area (Å²) in [7, 11) is 0. The van der Waals surface area contributed by atoms with Crippen molar-refractivity contribution in [3.8, 4) is 11.1 Å². The van der Waals surface area contributed by atoms with E-state index in [1.165, 1.54) is 38.1 Å². The van der Waals surface area contributed by atoms with Crippen LogP contribution in [-0.4, -0.2) is 4.40 Å². The van der Waals surface area contributed by atoms with Crippen molar-refractivity contribution in [3.63, 3.8) is 0 Å². The number of fused-ring (bicyclic) bond motifs is 9. The molecule has 0 spiro atoms. The van der Waals surface area contributed by atoms with Crippen LogP contribution in [0.25, 0.3) is 71.2 Å². The van der Waals surface area contributed by atoms with Crippen LogP contribution in [0.1, 0.15) is 0 Å². The van der Waals surface area contributed by atoms with Crippen LogP contribution >= 0.6 is 11.6 Å². The number of nitrogens with zero attached hydrogens (tertiary/aromatic N) is 1. The largest absolute Gasteiger partial charge is 0.455 e. The molecule has 0 unspecified atom stereocenters. The lowest BCUT2D eigenvalue weighted by Crippen LogP contribution is -1.81. The molecule has 8 aromatic rings. The van der Waals surface area contributed by atoms with E-state index in [1.54, 1.807) is 0 Å². The molecular weight excluding hydrogens is 426 g/mol. The average Bonchev–Trinajstić information content (AvgIpc) is 3.51. The first-order chi connectivity index (χ1) is 16.3. The highest BCUT2D eigenvalue weighted by Crippen LogP contribution is 2.44. The Bertz CT molecular complexity index is 1960. The van der Waals surface area contributed by atoms with Crippen LogP contribution in [0.5, 0.6) is 0 Å². The molecule has 3 heteroatoms. The highest BCUT2D eigenvalue weighted by Gasteiger charge is 2.20. The van der Waals surface area contributed by atoms with Gasteiger partial charge in [-0.05, 0) is 48.0 Å². The molecule has 5 aromatic carbocycles. The minimum Gasteiger partial charge on any atom is -0.455 e. The molecule has 0 radical (unpaired) electrons. The molecule has 33 heavy (non-hydrogen) atoms. The van der Waals surface area contributed by atoms with Gasteiger partial charge < -0.3 is 8.82 Å². The van der Waals surface area contributed by atoms with Crippen molar-refractivity contribution in [3.05, 3.63) is 102 Å². The maximum Gasteiger partial charge on any atom is 0.144 e. The molecule has 0 amide bonds. The number of para-hydroxylation sites is 3. The third-order valence-corrected chi connectivity index (χ3v) is 7.31. The summed E-state index contributed by atoms with van der Waals surface area (Å²) in [4.78, 5) is 0. The standard InChI is InChI=1S/C30H16ClNO/c31-24-14-13-18(30-28(24)21-9-3-6-12-27(21)33-30)17-15-22-19-7-1-4-10-25(19)32-26-11-5-2-8-20(26)23(16-17)29(22)32/h1-16H. The third kappa shape index (κ3) is 2.14. The first-order valence-corrected chi connectivity index (χ1v) is 11.4. The van der Waals surface area contributed by atoms with Crippen LogP contribution in [0.4, 0.5) is 0 Å².